The number of aliphatic hydroxyl groups excluding tert-OH is 1. The van der Waals surface area contributed by atoms with Crippen LogP contribution in [0.3, 0.4) is 0 Å². The summed E-state index contributed by atoms with van der Waals surface area (Å²) in [6, 6.07) is 4.28. The Morgan fingerprint density at radius 3 is 2.56 bits per heavy atom. The van der Waals surface area contributed by atoms with E-state index in [2.05, 4.69) is 0 Å². The van der Waals surface area contributed by atoms with Crippen molar-refractivity contribution in [2.75, 3.05) is 7.05 Å². The Bertz CT molecular complexity index is 516. The molecule has 1 atom stereocenters. The zero-order chi connectivity index (χ0) is 13.9. The van der Waals surface area contributed by atoms with Gasteiger partial charge in [0.1, 0.15) is 0 Å². The number of halogens is 1. The van der Waals surface area contributed by atoms with Crippen molar-refractivity contribution in [2.24, 2.45) is 0 Å². The van der Waals surface area contributed by atoms with Gasteiger partial charge in [-0.25, -0.2) is 8.42 Å². The van der Waals surface area contributed by atoms with E-state index in [9.17, 15) is 8.42 Å². The van der Waals surface area contributed by atoms with Crippen molar-refractivity contribution < 1.29 is 13.5 Å². The molecular weight excluding hydrogens is 274 g/mol. The van der Waals surface area contributed by atoms with Gasteiger partial charge in [-0.15, -0.1) is 0 Å². The van der Waals surface area contributed by atoms with Crippen LogP contribution in [0.4, 0.5) is 0 Å². The molecule has 0 aromatic heterocycles. The monoisotopic (exact) mass is 291 g/mol. The van der Waals surface area contributed by atoms with Gasteiger partial charge < -0.3 is 5.11 Å². The normalized spacial score (nSPS) is 13.9. The van der Waals surface area contributed by atoms with E-state index in [-0.39, 0.29) is 17.5 Å². The number of benzene rings is 1. The van der Waals surface area contributed by atoms with Crippen LogP contribution in [-0.4, -0.2) is 30.9 Å². The maximum absolute atomic E-state index is 12.3. The largest absolute Gasteiger partial charge is 0.392 e. The van der Waals surface area contributed by atoms with Crippen LogP contribution in [0.25, 0.3) is 0 Å². The summed E-state index contributed by atoms with van der Waals surface area (Å²) in [7, 11) is -1.98. The third kappa shape index (κ3) is 3.03. The SMILES string of the molecule is CCC(C)N(C)S(=O)(=O)c1ccc(Cl)c(CO)c1. The maximum atomic E-state index is 12.3. The first-order valence-electron chi connectivity index (χ1n) is 5.71. The van der Waals surface area contributed by atoms with Gasteiger partial charge in [-0.2, -0.15) is 4.31 Å². The molecule has 0 heterocycles. The standard InChI is InChI=1S/C12H18ClNO3S/c1-4-9(2)14(3)18(16,17)11-5-6-12(13)10(7-11)8-15/h5-7,9,15H,4,8H2,1-3H3. The smallest absolute Gasteiger partial charge is 0.243 e. The number of rotatable bonds is 5. The highest BCUT2D eigenvalue weighted by atomic mass is 35.5. The predicted molar refractivity (Wildman–Crippen MR) is 72.1 cm³/mol. The quantitative estimate of drug-likeness (QED) is 0.905. The molecule has 102 valence electrons. The zero-order valence-corrected chi connectivity index (χ0v) is 12.3. The summed E-state index contributed by atoms with van der Waals surface area (Å²) in [6.45, 7) is 3.49. The van der Waals surface area contributed by atoms with Crippen LogP contribution in [-0.2, 0) is 16.6 Å². The molecule has 0 aliphatic heterocycles. The zero-order valence-electron chi connectivity index (χ0n) is 10.7. The molecule has 1 aromatic carbocycles. The van der Waals surface area contributed by atoms with Crippen molar-refractivity contribution in [3.8, 4) is 0 Å². The van der Waals surface area contributed by atoms with Gasteiger partial charge in [-0.05, 0) is 37.1 Å². The Morgan fingerprint density at radius 2 is 2.06 bits per heavy atom. The minimum absolute atomic E-state index is 0.0803. The summed E-state index contributed by atoms with van der Waals surface area (Å²) in [5.41, 5.74) is 0.412. The summed E-state index contributed by atoms with van der Waals surface area (Å²) in [5.74, 6) is 0. The summed E-state index contributed by atoms with van der Waals surface area (Å²) in [4.78, 5) is 0.152. The predicted octanol–water partition coefficient (Wildman–Crippen LogP) is 2.25. The lowest BCUT2D eigenvalue weighted by atomic mass is 10.2. The Morgan fingerprint density at radius 1 is 1.44 bits per heavy atom. The van der Waals surface area contributed by atoms with Crippen LogP contribution in [0, 0.1) is 0 Å². The van der Waals surface area contributed by atoms with Crippen molar-refractivity contribution in [3.63, 3.8) is 0 Å². The van der Waals surface area contributed by atoms with E-state index in [1.54, 1.807) is 7.05 Å². The van der Waals surface area contributed by atoms with E-state index < -0.39 is 10.0 Å². The van der Waals surface area contributed by atoms with Crippen LogP contribution < -0.4 is 0 Å². The fraction of sp³-hybridized carbons (Fsp3) is 0.500. The Hall–Kier alpha value is -0.620. The van der Waals surface area contributed by atoms with Gasteiger partial charge in [0.2, 0.25) is 10.0 Å². The molecule has 1 rings (SSSR count). The second-order valence-corrected chi connectivity index (χ2v) is 6.59. The molecule has 1 unspecified atom stereocenters. The van der Waals surface area contributed by atoms with E-state index in [4.69, 9.17) is 16.7 Å². The van der Waals surface area contributed by atoms with Gasteiger partial charge in [0.05, 0.1) is 11.5 Å². The molecular formula is C12H18ClNO3S. The Kier molecular flexibility index (Phi) is 5.16. The van der Waals surface area contributed by atoms with E-state index in [0.29, 0.717) is 10.6 Å². The number of hydrogen-bond donors (Lipinski definition) is 1. The lowest BCUT2D eigenvalue weighted by Gasteiger charge is -2.23. The van der Waals surface area contributed by atoms with Crippen LogP contribution in [0.1, 0.15) is 25.8 Å². The molecule has 0 amide bonds. The highest BCUT2D eigenvalue weighted by Crippen LogP contribution is 2.23. The molecule has 0 aliphatic rings. The van der Waals surface area contributed by atoms with Crippen molar-refractivity contribution in [1.82, 2.24) is 4.31 Å². The average Bonchev–Trinajstić information content (AvgIpc) is 2.37. The fourth-order valence-electron chi connectivity index (χ4n) is 1.49. The molecule has 0 spiro atoms. The number of sulfonamides is 1. The van der Waals surface area contributed by atoms with Gasteiger partial charge in [0.25, 0.3) is 0 Å². The molecule has 0 fully saturated rings. The summed E-state index contributed by atoms with van der Waals surface area (Å²) in [6.07, 6.45) is 0.732. The minimum Gasteiger partial charge on any atom is -0.392 e. The van der Waals surface area contributed by atoms with Gasteiger partial charge in [0.15, 0.2) is 0 Å². The Labute approximate surface area is 113 Å². The number of nitrogens with zero attached hydrogens (tertiary/aromatic N) is 1. The van der Waals surface area contributed by atoms with E-state index in [1.807, 2.05) is 13.8 Å². The lowest BCUT2D eigenvalue weighted by Crippen LogP contribution is -2.34. The molecule has 18 heavy (non-hydrogen) atoms. The highest BCUT2D eigenvalue weighted by molar-refractivity contribution is 7.89. The second-order valence-electron chi connectivity index (χ2n) is 4.19. The summed E-state index contributed by atoms with van der Waals surface area (Å²) >= 11 is 5.85. The van der Waals surface area contributed by atoms with Gasteiger partial charge in [-0.3, -0.25) is 0 Å². The number of hydrogen-bond acceptors (Lipinski definition) is 3. The van der Waals surface area contributed by atoms with Crippen LogP contribution in [0.2, 0.25) is 5.02 Å². The first kappa shape index (κ1) is 15.4. The average molecular weight is 292 g/mol. The van der Waals surface area contributed by atoms with Gasteiger partial charge in [0, 0.05) is 18.1 Å². The van der Waals surface area contributed by atoms with E-state index in [0.717, 1.165) is 6.42 Å². The van der Waals surface area contributed by atoms with Crippen LogP contribution in [0.15, 0.2) is 23.1 Å². The molecule has 0 radical (unpaired) electrons. The molecule has 1 N–H and O–H groups in total. The molecule has 0 saturated carbocycles. The molecule has 0 saturated heterocycles. The van der Waals surface area contributed by atoms with Crippen molar-refractivity contribution in [1.29, 1.82) is 0 Å². The molecule has 1 aromatic rings. The van der Waals surface area contributed by atoms with Crippen molar-refractivity contribution in [3.05, 3.63) is 28.8 Å². The van der Waals surface area contributed by atoms with E-state index in [1.165, 1.54) is 22.5 Å². The molecule has 6 heteroatoms. The van der Waals surface area contributed by atoms with E-state index >= 15 is 0 Å². The van der Waals surface area contributed by atoms with Crippen LogP contribution in [0.5, 0.6) is 0 Å². The third-order valence-electron chi connectivity index (χ3n) is 3.08. The third-order valence-corrected chi connectivity index (χ3v) is 5.41. The maximum Gasteiger partial charge on any atom is 0.243 e. The lowest BCUT2D eigenvalue weighted by molar-refractivity contribution is 0.281. The first-order chi connectivity index (χ1) is 8.34. The van der Waals surface area contributed by atoms with Crippen molar-refractivity contribution >= 4 is 21.6 Å². The number of aliphatic hydroxyl groups is 1. The molecule has 0 bridgehead atoms. The minimum atomic E-state index is -3.54. The first-order valence-corrected chi connectivity index (χ1v) is 7.53. The topological polar surface area (TPSA) is 57.6 Å². The summed E-state index contributed by atoms with van der Waals surface area (Å²) in [5, 5.41) is 9.47. The molecule has 0 aliphatic carbocycles. The van der Waals surface area contributed by atoms with Crippen LogP contribution >= 0.6 is 11.6 Å². The van der Waals surface area contributed by atoms with Crippen molar-refractivity contribution in [2.45, 2.75) is 37.8 Å². The summed E-state index contributed by atoms with van der Waals surface area (Å²) < 4.78 is 26.0. The molecule has 4 nitrogen and oxygen atoms in total. The highest BCUT2D eigenvalue weighted by Gasteiger charge is 2.24. The fourth-order valence-corrected chi connectivity index (χ4v) is 3.16. The Balaban J connectivity index is 3.20. The van der Waals surface area contributed by atoms with Gasteiger partial charge >= 0.3 is 0 Å². The van der Waals surface area contributed by atoms with Gasteiger partial charge in [-0.1, -0.05) is 18.5 Å². The second kappa shape index (κ2) is 6.02.